The summed E-state index contributed by atoms with van der Waals surface area (Å²) in [5.41, 5.74) is 0.0152. The maximum absolute atomic E-state index is 12.3. The summed E-state index contributed by atoms with van der Waals surface area (Å²) in [4.78, 5) is 35.5. The van der Waals surface area contributed by atoms with Gasteiger partial charge in [0.1, 0.15) is 11.4 Å². The van der Waals surface area contributed by atoms with Crippen LogP contribution in [0.15, 0.2) is 29.2 Å². The van der Waals surface area contributed by atoms with E-state index >= 15 is 0 Å². The summed E-state index contributed by atoms with van der Waals surface area (Å²) in [6, 6.07) is 5.66. The highest BCUT2D eigenvalue weighted by Crippen LogP contribution is 2.29. The Labute approximate surface area is 146 Å². The molecule has 1 atom stereocenters. The van der Waals surface area contributed by atoms with E-state index in [1.54, 1.807) is 0 Å². The second-order valence-corrected chi connectivity index (χ2v) is 7.56. The predicted octanol–water partition coefficient (Wildman–Crippen LogP) is 0.679. The topological polar surface area (TPSA) is 110 Å². The van der Waals surface area contributed by atoms with Gasteiger partial charge in [-0.15, -0.1) is 0 Å². The summed E-state index contributed by atoms with van der Waals surface area (Å²) >= 11 is 0. The third kappa shape index (κ3) is 4.16. The standard InChI is InChI=1S/C16H20N2O6S/c1-3-6-11(2)17-14(19)10-24-15(20)9-18-16(21)12-7-4-5-8-13(12)25(18,22)23/h4-5,7-8,11H,3,6,9-10H2,1-2H3,(H,17,19)/t11-/m0/s1. The van der Waals surface area contributed by atoms with E-state index in [9.17, 15) is 22.8 Å². The molecule has 0 spiro atoms. The molecule has 1 aromatic carbocycles. The fourth-order valence-corrected chi connectivity index (χ4v) is 4.03. The zero-order valence-electron chi connectivity index (χ0n) is 14.0. The van der Waals surface area contributed by atoms with Gasteiger partial charge in [-0.1, -0.05) is 25.5 Å². The lowest BCUT2D eigenvalue weighted by atomic mass is 10.2. The summed E-state index contributed by atoms with van der Waals surface area (Å²) in [6.45, 7) is 2.51. The van der Waals surface area contributed by atoms with E-state index in [1.807, 2.05) is 13.8 Å². The highest BCUT2D eigenvalue weighted by molar-refractivity contribution is 7.90. The Hall–Kier alpha value is -2.42. The Bertz CT molecular complexity index is 790. The molecule has 0 saturated heterocycles. The maximum Gasteiger partial charge on any atom is 0.327 e. The van der Waals surface area contributed by atoms with Crippen molar-refractivity contribution in [3.8, 4) is 0 Å². The van der Waals surface area contributed by atoms with Crippen molar-refractivity contribution in [1.82, 2.24) is 9.62 Å². The molecule has 8 nitrogen and oxygen atoms in total. The van der Waals surface area contributed by atoms with Gasteiger partial charge in [-0.05, 0) is 25.5 Å². The summed E-state index contributed by atoms with van der Waals surface area (Å²) < 4.78 is 29.8. The number of ether oxygens (including phenoxy) is 1. The summed E-state index contributed by atoms with van der Waals surface area (Å²) in [5.74, 6) is -2.23. The fraction of sp³-hybridized carbons (Fsp3) is 0.438. The molecule has 1 heterocycles. The van der Waals surface area contributed by atoms with Crippen LogP contribution in [0.1, 0.15) is 37.0 Å². The first-order valence-corrected chi connectivity index (χ1v) is 9.32. The maximum atomic E-state index is 12.3. The monoisotopic (exact) mass is 368 g/mol. The quantitative estimate of drug-likeness (QED) is 0.709. The van der Waals surface area contributed by atoms with Crippen molar-refractivity contribution >= 4 is 27.8 Å². The average Bonchev–Trinajstić information content (AvgIpc) is 2.75. The molecule has 1 aliphatic heterocycles. The van der Waals surface area contributed by atoms with E-state index in [4.69, 9.17) is 4.74 Å². The molecular weight excluding hydrogens is 348 g/mol. The summed E-state index contributed by atoms with van der Waals surface area (Å²) in [7, 11) is -4.07. The normalized spacial score (nSPS) is 16.2. The lowest BCUT2D eigenvalue weighted by molar-refractivity contribution is -0.148. The van der Waals surface area contributed by atoms with Crippen molar-refractivity contribution in [2.45, 2.75) is 37.6 Å². The van der Waals surface area contributed by atoms with Gasteiger partial charge in [0.05, 0.1) is 5.56 Å². The van der Waals surface area contributed by atoms with Crippen molar-refractivity contribution in [3.63, 3.8) is 0 Å². The second kappa shape index (κ2) is 7.64. The van der Waals surface area contributed by atoms with Crippen molar-refractivity contribution in [1.29, 1.82) is 0 Å². The van der Waals surface area contributed by atoms with E-state index in [0.717, 1.165) is 12.8 Å². The molecule has 2 rings (SSSR count). The number of amides is 2. The molecule has 0 aromatic heterocycles. The number of nitrogens with one attached hydrogen (secondary N) is 1. The molecule has 0 bridgehead atoms. The number of hydrogen-bond acceptors (Lipinski definition) is 6. The van der Waals surface area contributed by atoms with Gasteiger partial charge in [0, 0.05) is 6.04 Å². The minimum atomic E-state index is -4.07. The van der Waals surface area contributed by atoms with Gasteiger partial charge >= 0.3 is 5.97 Å². The van der Waals surface area contributed by atoms with Crippen LogP contribution in [-0.2, 0) is 24.3 Å². The number of carbonyl (C=O) groups is 3. The Balaban J connectivity index is 1.94. The number of rotatable bonds is 7. The van der Waals surface area contributed by atoms with Crippen molar-refractivity contribution < 1.29 is 27.5 Å². The number of carbonyl (C=O) groups excluding carboxylic acids is 3. The second-order valence-electron chi connectivity index (χ2n) is 5.73. The first-order valence-electron chi connectivity index (χ1n) is 7.88. The third-order valence-corrected chi connectivity index (χ3v) is 5.47. The lowest BCUT2D eigenvalue weighted by Crippen LogP contribution is -2.39. The molecule has 0 unspecified atom stereocenters. The smallest absolute Gasteiger partial charge is 0.327 e. The number of hydrogen-bond donors (Lipinski definition) is 1. The molecule has 0 aliphatic carbocycles. The van der Waals surface area contributed by atoms with E-state index in [0.29, 0.717) is 4.31 Å². The van der Waals surface area contributed by atoms with Crippen LogP contribution in [0.4, 0.5) is 0 Å². The third-order valence-electron chi connectivity index (χ3n) is 3.68. The van der Waals surface area contributed by atoms with Crippen LogP contribution in [0, 0.1) is 0 Å². The molecule has 25 heavy (non-hydrogen) atoms. The van der Waals surface area contributed by atoms with Gasteiger partial charge in [0.2, 0.25) is 0 Å². The molecule has 1 aromatic rings. The average molecular weight is 368 g/mol. The van der Waals surface area contributed by atoms with Crippen molar-refractivity contribution in [2.75, 3.05) is 13.2 Å². The number of esters is 1. The molecule has 1 aliphatic rings. The zero-order valence-corrected chi connectivity index (χ0v) is 14.8. The van der Waals surface area contributed by atoms with Gasteiger partial charge in [-0.25, -0.2) is 12.7 Å². The van der Waals surface area contributed by atoms with Gasteiger partial charge in [-0.2, -0.15) is 0 Å². The van der Waals surface area contributed by atoms with Crippen LogP contribution >= 0.6 is 0 Å². The highest BCUT2D eigenvalue weighted by atomic mass is 32.2. The van der Waals surface area contributed by atoms with Gasteiger partial charge < -0.3 is 10.1 Å². The molecule has 1 N–H and O–H groups in total. The first-order chi connectivity index (χ1) is 11.8. The minimum Gasteiger partial charge on any atom is -0.454 e. The largest absolute Gasteiger partial charge is 0.454 e. The van der Waals surface area contributed by atoms with Crippen LogP contribution in [0.2, 0.25) is 0 Å². The molecule has 0 radical (unpaired) electrons. The van der Waals surface area contributed by atoms with Gasteiger partial charge in [-0.3, -0.25) is 14.4 Å². The Morgan fingerprint density at radius 1 is 1.28 bits per heavy atom. The summed E-state index contributed by atoms with van der Waals surface area (Å²) in [5, 5.41) is 2.65. The molecule has 9 heteroatoms. The number of fused-ring (bicyclic) bond motifs is 1. The van der Waals surface area contributed by atoms with Crippen molar-refractivity contribution in [2.24, 2.45) is 0 Å². The number of nitrogens with zero attached hydrogens (tertiary/aromatic N) is 1. The van der Waals surface area contributed by atoms with Crippen LogP contribution < -0.4 is 5.32 Å². The summed E-state index contributed by atoms with van der Waals surface area (Å²) in [6.07, 6.45) is 1.69. The number of benzene rings is 1. The minimum absolute atomic E-state index is 0.0152. The van der Waals surface area contributed by atoms with Crippen LogP contribution in [-0.4, -0.2) is 49.7 Å². The van der Waals surface area contributed by atoms with E-state index in [-0.39, 0.29) is 16.5 Å². The Morgan fingerprint density at radius 2 is 1.96 bits per heavy atom. The molecule has 136 valence electrons. The van der Waals surface area contributed by atoms with E-state index in [2.05, 4.69) is 5.32 Å². The number of sulfonamides is 1. The van der Waals surface area contributed by atoms with Crippen LogP contribution in [0.5, 0.6) is 0 Å². The Morgan fingerprint density at radius 3 is 2.60 bits per heavy atom. The molecule has 0 saturated carbocycles. The van der Waals surface area contributed by atoms with E-state index < -0.39 is 41.0 Å². The van der Waals surface area contributed by atoms with Gasteiger partial charge in [0.15, 0.2) is 6.61 Å². The molecule has 0 fully saturated rings. The van der Waals surface area contributed by atoms with Crippen molar-refractivity contribution in [3.05, 3.63) is 29.8 Å². The van der Waals surface area contributed by atoms with Crippen LogP contribution in [0.3, 0.4) is 0 Å². The first kappa shape index (κ1) is 18.9. The SMILES string of the molecule is CCC[C@H](C)NC(=O)COC(=O)CN1C(=O)c2ccccc2S1(=O)=O. The zero-order chi connectivity index (χ0) is 18.6. The molecule has 2 amide bonds. The predicted molar refractivity (Wildman–Crippen MR) is 88.1 cm³/mol. The Kier molecular flexibility index (Phi) is 5.78. The van der Waals surface area contributed by atoms with Crippen LogP contribution in [0.25, 0.3) is 0 Å². The fourth-order valence-electron chi connectivity index (χ4n) is 2.52. The van der Waals surface area contributed by atoms with E-state index in [1.165, 1.54) is 24.3 Å². The lowest BCUT2D eigenvalue weighted by Gasteiger charge is -2.15. The van der Waals surface area contributed by atoms with Gasteiger partial charge in [0.25, 0.3) is 21.8 Å². The molecular formula is C16H20N2O6S. The highest BCUT2D eigenvalue weighted by Gasteiger charge is 2.42.